The third kappa shape index (κ3) is 1.22. The van der Waals surface area contributed by atoms with E-state index in [1.807, 2.05) is 6.92 Å². The van der Waals surface area contributed by atoms with Crippen LogP contribution in [0, 0.1) is 17.3 Å². The van der Waals surface area contributed by atoms with Gasteiger partial charge in [0.25, 0.3) is 0 Å². The van der Waals surface area contributed by atoms with Crippen LogP contribution in [0.4, 0.5) is 0 Å². The molecule has 0 bridgehead atoms. The molecule has 2 fully saturated rings. The fourth-order valence-corrected chi connectivity index (χ4v) is 3.09. The molecule has 0 aromatic heterocycles. The van der Waals surface area contributed by atoms with Crippen molar-refractivity contribution in [1.29, 1.82) is 0 Å². The first-order valence-electron chi connectivity index (χ1n) is 5.22. The highest BCUT2D eigenvalue weighted by atomic mass is 15.2. The Labute approximate surface area is 84.5 Å². The highest BCUT2D eigenvalue weighted by molar-refractivity contribution is 5.15. The summed E-state index contributed by atoms with van der Waals surface area (Å²) in [6.45, 7) is 6.59. The number of hydrogen-bond donors (Lipinski definition) is 1. The van der Waals surface area contributed by atoms with Gasteiger partial charge < -0.3 is 5.73 Å². The Kier molecular flexibility index (Phi) is 1.85. The van der Waals surface area contributed by atoms with Gasteiger partial charge in [-0.05, 0) is 42.5 Å². The lowest BCUT2D eigenvalue weighted by molar-refractivity contribution is 0.264. The van der Waals surface area contributed by atoms with Crippen LogP contribution in [0.1, 0.15) is 33.6 Å². The third-order valence-corrected chi connectivity index (χ3v) is 4.38. The zero-order valence-electron chi connectivity index (χ0n) is 9.07. The monoisotopic (exact) mass is 194 g/mol. The fourth-order valence-electron chi connectivity index (χ4n) is 3.09. The van der Waals surface area contributed by atoms with Gasteiger partial charge in [0, 0.05) is 10.5 Å². The summed E-state index contributed by atoms with van der Waals surface area (Å²) < 4.78 is 0. The van der Waals surface area contributed by atoms with E-state index in [0.29, 0.717) is 5.41 Å². The van der Waals surface area contributed by atoms with Gasteiger partial charge in [-0.1, -0.05) is 19.0 Å². The van der Waals surface area contributed by atoms with Gasteiger partial charge in [0.1, 0.15) is 0 Å². The molecule has 2 N–H and O–H groups in total. The minimum absolute atomic E-state index is 0.0180. The maximum absolute atomic E-state index is 8.48. The predicted octanol–water partition coefficient (Wildman–Crippen LogP) is 2.45. The second-order valence-corrected chi connectivity index (χ2v) is 5.70. The fraction of sp³-hybridized carbons (Fsp3) is 1.00. The van der Waals surface area contributed by atoms with Gasteiger partial charge >= 0.3 is 0 Å². The van der Waals surface area contributed by atoms with Crippen molar-refractivity contribution in [1.82, 2.24) is 0 Å². The van der Waals surface area contributed by atoms with E-state index in [9.17, 15) is 0 Å². The van der Waals surface area contributed by atoms with Gasteiger partial charge in [-0.15, -0.1) is 0 Å². The van der Waals surface area contributed by atoms with E-state index in [1.54, 1.807) is 0 Å². The average molecular weight is 194 g/mol. The highest BCUT2D eigenvalue weighted by Gasteiger charge is 2.63. The summed E-state index contributed by atoms with van der Waals surface area (Å²) in [5.41, 5.74) is 14.8. The molecule has 2 rings (SSSR count). The first kappa shape index (κ1) is 9.81. The van der Waals surface area contributed by atoms with Gasteiger partial charge in [-0.25, -0.2) is 0 Å². The molecule has 0 radical (unpaired) electrons. The van der Waals surface area contributed by atoms with Crippen molar-refractivity contribution in [3.63, 3.8) is 0 Å². The Morgan fingerprint density at radius 2 is 2.00 bits per heavy atom. The summed E-state index contributed by atoms with van der Waals surface area (Å²) in [5.74, 6) is 1.46. The van der Waals surface area contributed by atoms with E-state index < -0.39 is 0 Å². The molecule has 0 saturated heterocycles. The Bertz CT molecular complexity index is 301. The number of hydrogen-bond acceptors (Lipinski definition) is 2. The van der Waals surface area contributed by atoms with Crippen LogP contribution in [0.25, 0.3) is 10.4 Å². The number of rotatable bonds is 1. The molecule has 2 saturated carbocycles. The van der Waals surface area contributed by atoms with Crippen LogP contribution < -0.4 is 5.73 Å². The van der Waals surface area contributed by atoms with Crippen LogP contribution in [-0.2, 0) is 0 Å². The second kappa shape index (κ2) is 2.65. The van der Waals surface area contributed by atoms with Crippen molar-refractivity contribution in [2.75, 3.05) is 0 Å². The summed E-state index contributed by atoms with van der Waals surface area (Å²) in [7, 11) is 0. The van der Waals surface area contributed by atoms with E-state index in [0.717, 1.165) is 24.7 Å². The Hall–Kier alpha value is -0.730. The molecule has 14 heavy (non-hydrogen) atoms. The van der Waals surface area contributed by atoms with Gasteiger partial charge in [0.15, 0.2) is 0 Å². The van der Waals surface area contributed by atoms with Crippen molar-refractivity contribution >= 4 is 0 Å². The summed E-state index contributed by atoms with van der Waals surface area (Å²) in [6.07, 6.45) is 1.96. The lowest BCUT2D eigenvalue weighted by Crippen LogP contribution is -2.49. The maximum Gasteiger partial charge on any atom is 0.0554 e. The molecule has 0 unspecified atom stereocenters. The number of nitrogens with two attached hydrogens (primary N) is 1. The van der Waals surface area contributed by atoms with Crippen molar-refractivity contribution in [2.24, 2.45) is 28.1 Å². The van der Waals surface area contributed by atoms with E-state index in [4.69, 9.17) is 11.3 Å². The molecule has 0 aromatic rings. The quantitative estimate of drug-likeness (QED) is 0.388. The summed E-state index contributed by atoms with van der Waals surface area (Å²) in [4.78, 5) is 2.90. The first-order chi connectivity index (χ1) is 6.39. The number of fused-ring (bicyclic) bond motifs is 1. The molecule has 4 atom stereocenters. The SMILES string of the molecule is CC1(C)[C@@H]2C[C@@H](N=[N+]=[N-])[C@](C)(N)C[C@@H]21. The molecule has 2 aliphatic rings. The Morgan fingerprint density at radius 3 is 2.57 bits per heavy atom. The maximum atomic E-state index is 8.48. The van der Waals surface area contributed by atoms with E-state index in [2.05, 4.69) is 23.9 Å². The van der Waals surface area contributed by atoms with Gasteiger partial charge in [0.2, 0.25) is 0 Å². The van der Waals surface area contributed by atoms with Crippen molar-refractivity contribution in [3.05, 3.63) is 10.4 Å². The smallest absolute Gasteiger partial charge is 0.0554 e. The minimum Gasteiger partial charge on any atom is -0.325 e. The predicted molar refractivity (Wildman–Crippen MR) is 55.5 cm³/mol. The zero-order chi connectivity index (χ0) is 10.6. The molecule has 4 heteroatoms. The van der Waals surface area contributed by atoms with Gasteiger partial charge in [-0.3, -0.25) is 0 Å². The van der Waals surface area contributed by atoms with Crippen molar-refractivity contribution in [2.45, 2.75) is 45.2 Å². The molecule has 0 aliphatic heterocycles. The first-order valence-corrected chi connectivity index (χ1v) is 5.22. The molecule has 0 amide bonds. The molecule has 2 aliphatic carbocycles. The van der Waals surface area contributed by atoms with Crippen molar-refractivity contribution in [3.8, 4) is 0 Å². The minimum atomic E-state index is -0.304. The van der Waals surface area contributed by atoms with E-state index >= 15 is 0 Å². The average Bonchev–Trinajstić information content (AvgIpc) is 2.54. The van der Waals surface area contributed by atoms with Crippen LogP contribution in [-0.4, -0.2) is 11.6 Å². The van der Waals surface area contributed by atoms with Crippen molar-refractivity contribution < 1.29 is 0 Å². The standard InChI is InChI=1S/C10H18N4/c1-9(2)6-4-8(13-14-12)10(3,11)5-7(6)9/h6-8H,4-5,11H2,1-3H3/t6-,7+,8-,10-/m1/s1. The molecule has 78 valence electrons. The van der Waals surface area contributed by atoms with Crippen LogP contribution in [0.15, 0.2) is 5.11 Å². The van der Waals surface area contributed by atoms with E-state index in [-0.39, 0.29) is 11.6 Å². The lowest BCUT2D eigenvalue weighted by Gasteiger charge is -2.34. The molecule has 0 heterocycles. The van der Waals surface area contributed by atoms with E-state index in [1.165, 1.54) is 0 Å². The molecule has 0 aromatic carbocycles. The third-order valence-electron chi connectivity index (χ3n) is 4.38. The van der Waals surface area contributed by atoms with Crippen LogP contribution >= 0.6 is 0 Å². The molecular formula is C10H18N4. The highest BCUT2D eigenvalue weighted by Crippen LogP contribution is 2.66. The summed E-state index contributed by atoms with van der Waals surface area (Å²) in [5, 5.41) is 3.83. The lowest BCUT2D eigenvalue weighted by atomic mass is 9.80. The summed E-state index contributed by atoms with van der Waals surface area (Å²) >= 11 is 0. The molecule has 4 nitrogen and oxygen atoms in total. The Balaban J connectivity index is 2.19. The van der Waals surface area contributed by atoms with Gasteiger partial charge in [0.05, 0.1) is 6.04 Å². The summed E-state index contributed by atoms with van der Waals surface area (Å²) in [6, 6.07) is -0.0180. The Morgan fingerprint density at radius 1 is 1.36 bits per heavy atom. The van der Waals surface area contributed by atoms with Gasteiger partial charge in [-0.2, -0.15) is 0 Å². The second-order valence-electron chi connectivity index (χ2n) is 5.70. The zero-order valence-corrected chi connectivity index (χ0v) is 9.07. The number of azide groups is 1. The van der Waals surface area contributed by atoms with Crippen LogP contribution in [0.3, 0.4) is 0 Å². The molecule has 0 spiro atoms. The normalized spacial score (nSPS) is 49.0. The van der Waals surface area contributed by atoms with Crippen LogP contribution in [0.5, 0.6) is 0 Å². The van der Waals surface area contributed by atoms with Crippen LogP contribution in [0.2, 0.25) is 0 Å². The largest absolute Gasteiger partial charge is 0.325 e. The number of nitrogens with zero attached hydrogens (tertiary/aromatic N) is 3. The molecular weight excluding hydrogens is 176 g/mol. The topological polar surface area (TPSA) is 74.8 Å².